The Bertz CT molecular complexity index is 234. The molecule has 1 saturated heterocycles. The molecular weight excluding hydrogens is 245 g/mol. The van der Waals surface area contributed by atoms with Crippen LogP contribution in [0.3, 0.4) is 0 Å². The van der Waals surface area contributed by atoms with Crippen LogP contribution in [0.1, 0.15) is 13.8 Å². The lowest BCUT2D eigenvalue weighted by molar-refractivity contribution is -0.176. The van der Waals surface area contributed by atoms with Crippen LogP contribution in [0.2, 0.25) is 0 Å². The average molecular weight is 268 g/mol. The number of rotatable bonds is 5. The molecule has 1 aliphatic heterocycles. The van der Waals surface area contributed by atoms with Crippen molar-refractivity contribution in [1.82, 2.24) is 10.2 Å². The lowest BCUT2D eigenvalue weighted by Crippen LogP contribution is -2.39. The molecule has 0 aromatic rings. The van der Waals surface area contributed by atoms with E-state index < -0.39 is 12.1 Å². The van der Waals surface area contributed by atoms with Gasteiger partial charge in [-0.05, 0) is 5.92 Å². The first kappa shape index (κ1) is 15.7. The third-order valence-electron chi connectivity index (χ3n) is 2.94. The molecule has 0 saturated carbocycles. The number of hydrogen-bond acceptors (Lipinski definition) is 3. The van der Waals surface area contributed by atoms with Crippen molar-refractivity contribution in [3.63, 3.8) is 0 Å². The van der Waals surface area contributed by atoms with Crippen LogP contribution < -0.4 is 5.32 Å². The molecule has 1 fully saturated rings. The molecule has 3 nitrogen and oxygen atoms in total. The largest absolute Gasteiger partial charge is 0.394 e. The second-order valence-electron chi connectivity index (χ2n) is 5.21. The van der Waals surface area contributed by atoms with Crippen LogP contribution in [0.25, 0.3) is 0 Å². The second-order valence-corrected chi connectivity index (χ2v) is 5.21. The quantitative estimate of drug-likeness (QED) is 0.769. The van der Waals surface area contributed by atoms with Crippen molar-refractivity contribution in [2.24, 2.45) is 11.8 Å². The first-order chi connectivity index (χ1) is 8.39. The summed E-state index contributed by atoms with van der Waals surface area (Å²) in [5.41, 5.74) is 0. The van der Waals surface area contributed by atoms with E-state index in [-0.39, 0.29) is 13.1 Å². The molecule has 1 unspecified atom stereocenters. The van der Waals surface area contributed by atoms with Crippen LogP contribution >= 0.6 is 0 Å². The molecule has 1 rings (SSSR count). The molecule has 1 N–H and O–H groups in total. The molecule has 0 radical (unpaired) electrons. The number of alkyl halides is 3. The number of nitrogens with one attached hydrogen (secondary N) is 1. The third-order valence-corrected chi connectivity index (χ3v) is 2.94. The maximum absolute atomic E-state index is 12.7. The molecule has 0 spiro atoms. The van der Waals surface area contributed by atoms with Gasteiger partial charge in [-0.25, -0.2) is 0 Å². The fourth-order valence-electron chi connectivity index (χ4n) is 1.92. The molecule has 0 aliphatic carbocycles. The van der Waals surface area contributed by atoms with E-state index in [9.17, 15) is 13.2 Å². The van der Waals surface area contributed by atoms with E-state index in [0.717, 1.165) is 0 Å². The molecule has 0 amide bonds. The monoisotopic (exact) mass is 268 g/mol. The fourth-order valence-corrected chi connectivity index (χ4v) is 1.92. The number of nitrogens with zero attached hydrogens (tertiary/aromatic N) is 1. The van der Waals surface area contributed by atoms with Gasteiger partial charge in [0.15, 0.2) is 0 Å². The minimum Gasteiger partial charge on any atom is -0.380 e. The lowest BCUT2D eigenvalue weighted by Gasteiger charge is -2.25. The highest BCUT2D eigenvalue weighted by atomic mass is 19.4. The standard InChI is InChI=1S/C12H23F3N2O/c1-10(2)9-18-6-5-17-4-3-16-7-11(8-17)12(13,14)15/h10-11,16H,3-9H2,1-2H3. The van der Waals surface area contributed by atoms with Crippen molar-refractivity contribution in [1.29, 1.82) is 0 Å². The Labute approximate surface area is 107 Å². The highest BCUT2D eigenvalue weighted by Gasteiger charge is 2.40. The van der Waals surface area contributed by atoms with Crippen molar-refractivity contribution in [2.75, 3.05) is 45.9 Å². The highest BCUT2D eigenvalue weighted by molar-refractivity contribution is 4.78. The summed E-state index contributed by atoms with van der Waals surface area (Å²) in [7, 11) is 0. The van der Waals surface area contributed by atoms with Crippen molar-refractivity contribution < 1.29 is 17.9 Å². The maximum Gasteiger partial charge on any atom is 0.394 e. The molecule has 6 heteroatoms. The summed E-state index contributed by atoms with van der Waals surface area (Å²) in [6.45, 7) is 7.19. The fraction of sp³-hybridized carbons (Fsp3) is 1.00. The van der Waals surface area contributed by atoms with Gasteiger partial charge in [0.1, 0.15) is 0 Å². The molecule has 108 valence electrons. The van der Waals surface area contributed by atoms with Crippen molar-refractivity contribution in [2.45, 2.75) is 20.0 Å². The molecular formula is C12H23F3N2O. The van der Waals surface area contributed by atoms with Crippen molar-refractivity contribution in [3.05, 3.63) is 0 Å². The van der Waals surface area contributed by atoms with E-state index >= 15 is 0 Å². The first-order valence-corrected chi connectivity index (χ1v) is 6.47. The molecule has 0 aromatic carbocycles. The summed E-state index contributed by atoms with van der Waals surface area (Å²) in [6.07, 6.45) is -4.12. The maximum atomic E-state index is 12.7. The van der Waals surface area contributed by atoms with Gasteiger partial charge in [0.25, 0.3) is 0 Å². The van der Waals surface area contributed by atoms with E-state index in [1.807, 2.05) is 4.90 Å². The summed E-state index contributed by atoms with van der Waals surface area (Å²) in [5.74, 6) is -0.816. The molecule has 0 bridgehead atoms. The number of hydrogen-bond donors (Lipinski definition) is 1. The zero-order valence-electron chi connectivity index (χ0n) is 11.1. The zero-order chi connectivity index (χ0) is 13.6. The highest BCUT2D eigenvalue weighted by Crippen LogP contribution is 2.27. The number of halogens is 3. The van der Waals surface area contributed by atoms with E-state index in [1.165, 1.54) is 0 Å². The summed E-state index contributed by atoms with van der Waals surface area (Å²) in [4.78, 5) is 1.83. The topological polar surface area (TPSA) is 24.5 Å². The summed E-state index contributed by atoms with van der Waals surface area (Å²) in [5, 5.41) is 2.84. The Morgan fingerprint density at radius 1 is 1.39 bits per heavy atom. The normalized spacial score (nSPS) is 23.3. The summed E-state index contributed by atoms with van der Waals surface area (Å²) >= 11 is 0. The van der Waals surface area contributed by atoms with Gasteiger partial charge in [0, 0.05) is 39.3 Å². The van der Waals surface area contributed by atoms with E-state index in [2.05, 4.69) is 19.2 Å². The average Bonchev–Trinajstić information content (AvgIpc) is 2.48. The van der Waals surface area contributed by atoms with Gasteiger partial charge in [0.2, 0.25) is 0 Å². The van der Waals surface area contributed by atoms with Gasteiger partial charge < -0.3 is 10.1 Å². The van der Waals surface area contributed by atoms with Crippen molar-refractivity contribution in [3.8, 4) is 0 Å². The Hall–Kier alpha value is -0.330. The molecule has 18 heavy (non-hydrogen) atoms. The Morgan fingerprint density at radius 2 is 2.11 bits per heavy atom. The Morgan fingerprint density at radius 3 is 2.72 bits per heavy atom. The molecule has 1 atom stereocenters. The molecule has 1 aliphatic rings. The van der Waals surface area contributed by atoms with Crippen LogP contribution in [0.15, 0.2) is 0 Å². The van der Waals surface area contributed by atoms with Gasteiger partial charge in [0.05, 0.1) is 12.5 Å². The van der Waals surface area contributed by atoms with Gasteiger partial charge >= 0.3 is 6.18 Å². The predicted octanol–water partition coefficient (Wildman–Crippen LogP) is 1.74. The van der Waals surface area contributed by atoms with Crippen LogP contribution in [-0.4, -0.2) is 57.0 Å². The van der Waals surface area contributed by atoms with E-state index in [0.29, 0.717) is 38.8 Å². The third kappa shape index (κ3) is 6.02. The zero-order valence-corrected chi connectivity index (χ0v) is 11.1. The van der Waals surface area contributed by atoms with Gasteiger partial charge in [-0.2, -0.15) is 13.2 Å². The predicted molar refractivity (Wildman–Crippen MR) is 64.5 cm³/mol. The van der Waals surface area contributed by atoms with Gasteiger partial charge in [-0.3, -0.25) is 4.90 Å². The van der Waals surface area contributed by atoms with E-state index in [1.54, 1.807) is 0 Å². The molecule has 0 aromatic heterocycles. The van der Waals surface area contributed by atoms with Crippen LogP contribution in [0.5, 0.6) is 0 Å². The second kappa shape index (κ2) is 7.31. The smallest absolute Gasteiger partial charge is 0.380 e. The van der Waals surface area contributed by atoms with Crippen LogP contribution in [-0.2, 0) is 4.74 Å². The number of ether oxygens (including phenoxy) is 1. The summed E-state index contributed by atoms with van der Waals surface area (Å²) in [6, 6.07) is 0. The molecule has 1 heterocycles. The first-order valence-electron chi connectivity index (χ1n) is 6.47. The minimum atomic E-state index is -4.12. The Kier molecular flexibility index (Phi) is 6.38. The van der Waals surface area contributed by atoms with Crippen LogP contribution in [0, 0.1) is 11.8 Å². The van der Waals surface area contributed by atoms with Gasteiger partial charge in [-0.1, -0.05) is 13.8 Å². The summed E-state index contributed by atoms with van der Waals surface area (Å²) < 4.78 is 43.5. The van der Waals surface area contributed by atoms with Crippen LogP contribution in [0.4, 0.5) is 13.2 Å². The van der Waals surface area contributed by atoms with E-state index in [4.69, 9.17) is 4.74 Å². The minimum absolute atomic E-state index is 0.0207. The lowest BCUT2D eigenvalue weighted by atomic mass is 10.1. The Balaban J connectivity index is 2.31. The SMILES string of the molecule is CC(C)COCCN1CCNCC(C(F)(F)F)C1. The van der Waals surface area contributed by atoms with Gasteiger partial charge in [-0.15, -0.1) is 0 Å². The van der Waals surface area contributed by atoms with Crippen molar-refractivity contribution >= 4 is 0 Å².